The SMILES string of the molecule is CCCC(NC(=O)c1sc2nc(C)[nH]c(=O)c2c1C)C(=O)O. The average molecular weight is 323 g/mol. The Morgan fingerprint density at radius 1 is 1.41 bits per heavy atom. The van der Waals surface area contributed by atoms with E-state index in [2.05, 4.69) is 15.3 Å². The summed E-state index contributed by atoms with van der Waals surface area (Å²) in [5, 5.41) is 12.0. The van der Waals surface area contributed by atoms with Gasteiger partial charge in [-0.05, 0) is 25.8 Å². The number of aryl methyl sites for hydroxylation is 2. The number of hydrogen-bond donors (Lipinski definition) is 3. The summed E-state index contributed by atoms with van der Waals surface area (Å²) in [6, 6.07) is -0.935. The first kappa shape index (κ1) is 16.2. The van der Waals surface area contributed by atoms with Gasteiger partial charge < -0.3 is 15.4 Å². The highest BCUT2D eigenvalue weighted by Crippen LogP contribution is 2.26. The van der Waals surface area contributed by atoms with Gasteiger partial charge in [-0.1, -0.05) is 13.3 Å². The van der Waals surface area contributed by atoms with Crippen molar-refractivity contribution in [3.8, 4) is 0 Å². The lowest BCUT2D eigenvalue weighted by atomic mass is 10.1. The summed E-state index contributed by atoms with van der Waals surface area (Å²) >= 11 is 1.10. The van der Waals surface area contributed by atoms with E-state index >= 15 is 0 Å². The van der Waals surface area contributed by atoms with Crippen LogP contribution in [0.3, 0.4) is 0 Å². The second kappa shape index (κ2) is 6.27. The maximum absolute atomic E-state index is 12.3. The van der Waals surface area contributed by atoms with Crippen molar-refractivity contribution in [2.45, 2.75) is 39.7 Å². The normalized spacial score (nSPS) is 12.3. The molecule has 0 radical (unpaired) electrons. The minimum Gasteiger partial charge on any atom is -0.480 e. The van der Waals surface area contributed by atoms with E-state index in [9.17, 15) is 14.4 Å². The van der Waals surface area contributed by atoms with Crippen molar-refractivity contribution < 1.29 is 14.7 Å². The minimum atomic E-state index is -1.07. The third-order valence-corrected chi connectivity index (χ3v) is 4.49. The number of amides is 1. The summed E-state index contributed by atoms with van der Waals surface area (Å²) in [5.74, 6) is -1.08. The van der Waals surface area contributed by atoms with Crippen molar-refractivity contribution in [2.75, 3.05) is 0 Å². The Kier molecular flexibility index (Phi) is 4.60. The van der Waals surface area contributed by atoms with Gasteiger partial charge in [0.2, 0.25) is 0 Å². The van der Waals surface area contributed by atoms with Gasteiger partial charge in [0.05, 0.1) is 10.3 Å². The summed E-state index contributed by atoms with van der Waals surface area (Å²) in [7, 11) is 0. The highest BCUT2D eigenvalue weighted by molar-refractivity contribution is 7.20. The Bertz CT molecular complexity index is 793. The molecule has 0 aromatic carbocycles. The fourth-order valence-electron chi connectivity index (χ4n) is 2.24. The van der Waals surface area contributed by atoms with Gasteiger partial charge in [0.25, 0.3) is 11.5 Å². The Labute approximate surface area is 130 Å². The quantitative estimate of drug-likeness (QED) is 0.773. The molecule has 8 heteroatoms. The van der Waals surface area contributed by atoms with Crippen molar-refractivity contribution >= 4 is 33.4 Å². The van der Waals surface area contributed by atoms with Crippen LogP contribution in [0.15, 0.2) is 4.79 Å². The molecule has 3 N–H and O–H groups in total. The summed E-state index contributed by atoms with van der Waals surface area (Å²) in [6.45, 7) is 5.17. The largest absolute Gasteiger partial charge is 0.480 e. The molecule has 0 aliphatic carbocycles. The number of carboxylic acids is 1. The van der Waals surface area contributed by atoms with E-state index in [0.717, 1.165) is 11.3 Å². The number of thiophene rings is 1. The van der Waals surface area contributed by atoms with E-state index in [0.29, 0.717) is 39.3 Å². The number of aromatic amines is 1. The van der Waals surface area contributed by atoms with Gasteiger partial charge in [0.1, 0.15) is 16.7 Å². The molecule has 2 rings (SSSR count). The van der Waals surface area contributed by atoms with Crippen molar-refractivity contribution in [2.24, 2.45) is 0 Å². The molecule has 1 unspecified atom stereocenters. The number of carboxylic acid groups (broad SMARTS) is 1. The van der Waals surface area contributed by atoms with Gasteiger partial charge in [0, 0.05) is 0 Å². The molecule has 2 heterocycles. The van der Waals surface area contributed by atoms with Crippen LogP contribution >= 0.6 is 11.3 Å². The fraction of sp³-hybridized carbons (Fsp3) is 0.429. The molecular weight excluding hydrogens is 306 g/mol. The highest BCUT2D eigenvalue weighted by atomic mass is 32.1. The molecule has 0 spiro atoms. The molecule has 118 valence electrons. The molecule has 22 heavy (non-hydrogen) atoms. The zero-order chi connectivity index (χ0) is 16.4. The number of aromatic nitrogens is 2. The second-order valence-corrected chi connectivity index (χ2v) is 6.04. The lowest BCUT2D eigenvalue weighted by molar-refractivity contribution is -0.139. The number of hydrogen-bond acceptors (Lipinski definition) is 5. The number of nitrogens with zero attached hydrogens (tertiary/aromatic N) is 1. The predicted molar refractivity (Wildman–Crippen MR) is 83.5 cm³/mol. The van der Waals surface area contributed by atoms with Crippen molar-refractivity contribution in [1.29, 1.82) is 0 Å². The van der Waals surface area contributed by atoms with Crippen LogP contribution in [-0.4, -0.2) is 33.0 Å². The van der Waals surface area contributed by atoms with Crippen LogP contribution in [0.5, 0.6) is 0 Å². The molecule has 2 aromatic rings. The molecule has 0 aliphatic heterocycles. The molecule has 0 aliphatic rings. The molecular formula is C14H17N3O4S. The molecule has 0 bridgehead atoms. The predicted octanol–water partition coefficient (Wildman–Crippen LogP) is 1.58. The van der Waals surface area contributed by atoms with Gasteiger partial charge in [-0.3, -0.25) is 9.59 Å². The Morgan fingerprint density at radius 2 is 2.09 bits per heavy atom. The van der Waals surface area contributed by atoms with E-state index in [-0.39, 0.29) is 5.56 Å². The average Bonchev–Trinajstić information content (AvgIpc) is 2.75. The molecule has 0 saturated heterocycles. The van der Waals surface area contributed by atoms with Crippen LogP contribution in [0.25, 0.3) is 10.2 Å². The van der Waals surface area contributed by atoms with E-state index in [4.69, 9.17) is 5.11 Å². The van der Waals surface area contributed by atoms with Gasteiger partial charge >= 0.3 is 5.97 Å². The molecule has 2 aromatic heterocycles. The third kappa shape index (κ3) is 3.01. The zero-order valence-corrected chi connectivity index (χ0v) is 13.3. The zero-order valence-electron chi connectivity index (χ0n) is 12.5. The maximum Gasteiger partial charge on any atom is 0.326 e. The van der Waals surface area contributed by atoms with Crippen LogP contribution in [0, 0.1) is 13.8 Å². The van der Waals surface area contributed by atoms with Gasteiger partial charge in [-0.15, -0.1) is 11.3 Å². The van der Waals surface area contributed by atoms with Crippen LogP contribution in [-0.2, 0) is 4.79 Å². The van der Waals surface area contributed by atoms with E-state index in [1.54, 1.807) is 13.8 Å². The topological polar surface area (TPSA) is 112 Å². The highest BCUT2D eigenvalue weighted by Gasteiger charge is 2.24. The summed E-state index contributed by atoms with van der Waals surface area (Å²) in [5.41, 5.74) is 0.227. The van der Waals surface area contributed by atoms with Crippen molar-refractivity contribution in [3.05, 3.63) is 26.6 Å². The summed E-state index contributed by atoms with van der Waals surface area (Å²) in [6.07, 6.45) is 0.992. The number of fused-ring (bicyclic) bond motifs is 1. The first-order chi connectivity index (χ1) is 10.3. The maximum atomic E-state index is 12.3. The number of carbonyl (C=O) groups excluding carboxylic acids is 1. The van der Waals surface area contributed by atoms with Crippen LogP contribution in [0.1, 0.15) is 40.8 Å². The molecule has 1 amide bonds. The van der Waals surface area contributed by atoms with Gasteiger partial charge in [-0.25, -0.2) is 9.78 Å². The number of H-pyrrole nitrogens is 1. The Balaban J connectivity index is 2.40. The van der Waals surface area contributed by atoms with Gasteiger partial charge in [-0.2, -0.15) is 0 Å². The minimum absolute atomic E-state index is 0.293. The van der Waals surface area contributed by atoms with Crippen LogP contribution in [0.2, 0.25) is 0 Å². The van der Waals surface area contributed by atoms with E-state index in [1.807, 2.05) is 6.92 Å². The van der Waals surface area contributed by atoms with Crippen LogP contribution in [0.4, 0.5) is 0 Å². The number of carbonyl (C=O) groups is 2. The second-order valence-electron chi connectivity index (χ2n) is 5.04. The molecule has 7 nitrogen and oxygen atoms in total. The first-order valence-corrected chi connectivity index (χ1v) is 7.70. The van der Waals surface area contributed by atoms with Crippen molar-refractivity contribution in [3.63, 3.8) is 0 Å². The Morgan fingerprint density at radius 3 is 2.68 bits per heavy atom. The number of nitrogens with one attached hydrogen (secondary N) is 2. The summed E-state index contributed by atoms with van der Waals surface area (Å²) < 4.78 is 0. The van der Waals surface area contributed by atoms with Crippen LogP contribution < -0.4 is 10.9 Å². The van der Waals surface area contributed by atoms with Crippen molar-refractivity contribution in [1.82, 2.24) is 15.3 Å². The molecule has 1 atom stereocenters. The standard InChI is InChI=1S/C14H17N3O4S/c1-4-5-8(14(20)21)17-12(19)10-6(2)9-11(18)15-7(3)16-13(9)22-10/h8H,4-5H2,1-3H3,(H,17,19)(H,20,21)(H,15,16,18). The molecule has 0 fully saturated rings. The number of aliphatic carboxylic acids is 1. The Hall–Kier alpha value is -2.22. The monoisotopic (exact) mass is 323 g/mol. The lowest BCUT2D eigenvalue weighted by Crippen LogP contribution is -2.40. The molecule has 0 saturated carbocycles. The van der Waals surface area contributed by atoms with Gasteiger partial charge in [0.15, 0.2) is 0 Å². The summed E-state index contributed by atoms with van der Waals surface area (Å²) in [4.78, 5) is 43.0. The first-order valence-electron chi connectivity index (χ1n) is 6.88. The van der Waals surface area contributed by atoms with E-state index in [1.165, 1.54) is 0 Å². The third-order valence-electron chi connectivity index (χ3n) is 3.31. The fourth-order valence-corrected chi connectivity index (χ4v) is 3.37. The number of rotatable bonds is 5. The smallest absolute Gasteiger partial charge is 0.326 e. The lowest BCUT2D eigenvalue weighted by Gasteiger charge is -2.12. The van der Waals surface area contributed by atoms with E-state index < -0.39 is 17.9 Å².